The van der Waals surface area contributed by atoms with Crippen LogP contribution in [0.2, 0.25) is 0 Å². The largest absolute Gasteiger partial charge is 0.465 e. The summed E-state index contributed by atoms with van der Waals surface area (Å²) in [5.41, 5.74) is 0.932. The van der Waals surface area contributed by atoms with Crippen LogP contribution in [0.3, 0.4) is 0 Å². The molecule has 0 aliphatic rings. The maximum absolute atomic E-state index is 12.3. The number of benzene rings is 1. The Labute approximate surface area is 152 Å². The number of methoxy groups -OCH3 is 1. The minimum atomic E-state index is -0.446. The summed E-state index contributed by atoms with van der Waals surface area (Å²) in [6.07, 6.45) is 1.41. The Morgan fingerprint density at radius 3 is 2.38 bits per heavy atom. The highest BCUT2D eigenvalue weighted by Crippen LogP contribution is 2.24. The molecule has 3 aromatic rings. The van der Waals surface area contributed by atoms with E-state index in [9.17, 15) is 14.4 Å². The number of carbonyl (C=O) groups excluding carboxylic acids is 3. The van der Waals surface area contributed by atoms with Gasteiger partial charge in [0.2, 0.25) is 0 Å². The molecule has 0 atom stereocenters. The summed E-state index contributed by atoms with van der Waals surface area (Å²) in [6, 6.07) is 12.8. The van der Waals surface area contributed by atoms with Crippen molar-refractivity contribution in [1.29, 1.82) is 0 Å². The lowest BCUT2D eigenvalue weighted by Crippen LogP contribution is -2.11. The number of hydrogen-bond donors (Lipinski definition) is 2. The number of furan rings is 1. The van der Waals surface area contributed by atoms with Gasteiger partial charge in [0.25, 0.3) is 11.8 Å². The lowest BCUT2D eigenvalue weighted by molar-refractivity contribution is 0.0600. The number of hydrogen-bond acceptors (Lipinski definition) is 6. The summed E-state index contributed by atoms with van der Waals surface area (Å²) < 4.78 is 9.64. The molecule has 8 heteroatoms. The average molecular weight is 370 g/mol. The monoisotopic (exact) mass is 370 g/mol. The van der Waals surface area contributed by atoms with E-state index in [0.717, 1.165) is 11.3 Å². The zero-order valence-electron chi connectivity index (χ0n) is 13.6. The van der Waals surface area contributed by atoms with Crippen molar-refractivity contribution in [1.82, 2.24) is 0 Å². The van der Waals surface area contributed by atoms with Crippen molar-refractivity contribution < 1.29 is 23.5 Å². The Morgan fingerprint density at radius 1 is 0.962 bits per heavy atom. The highest BCUT2D eigenvalue weighted by molar-refractivity contribution is 7.18. The van der Waals surface area contributed by atoms with Crippen molar-refractivity contribution in [2.45, 2.75) is 0 Å². The number of thiophene rings is 1. The quantitative estimate of drug-likeness (QED) is 0.668. The predicted octanol–water partition coefficient (Wildman–Crippen LogP) is 3.63. The van der Waals surface area contributed by atoms with E-state index in [1.54, 1.807) is 48.5 Å². The molecule has 0 saturated carbocycles. The van der Waals surface area contributed by atoms with E-state index in [1.807, 2.05) is 0 Å². The third kappa shape index (κ3) is 3.98. The topological polar surface area (TPSA) is 97.6 Å². The molecule has 3 rings (SSSR count). The standard InChI is InChI=1S/C18H14N2O5S/c1-24-18(23)11-4-6-12(7-5-11)19-17(22)14-8-9-15(26-14)20-16(21)13-3-2-10-25-13/h2-10H,1H3,(H,19,22)(H,20,21). The van der Waals surface area contributed by atoms with E-state index in [2.05, 4.69) is 15.4 Å². The lowest BCUT2D eigenvalue weighted by Gasteiger charge is -2.04. The van der Waals surface area contributed by atoms with Gasteiger partial charge in [0.15, 0.2) is 5.76 Å². The van der Waals surface area contributed by atoms with Gasteiger partial charge in [0, 0.05) is 5.69 Å². The fraction of sp³-hybridized carbons (Fsp3) is 0.0556. The van der Waals surface area contributed by atoms with Gasteiger partial charge in [-0.15, -0.1) is 11.3 Å². The van der Waals surface area contributed by atoms with Crippen LogP contribution in [-0.4, -0.2) is 24.9 Å². The van der Waals surface area contributed by atoms with Crippen molar-refractivity contribution in [2.75, 3.05) is 17.7 Å². The summed E-state index contributed by atoms with van der Waals surface area (Å²) in [6.45, 7) is 0. The summed E-state index contributed by atoms with van der Waals surface area (Å²) >= 11 is 1.14. The van der Waals surface area contributed by atoms with Gasteiger partial charge in [-0.05, 0) is 48.5 Å². The normalized spacial score (nSPS) is 10.2. The fourth-order valence-corrected chi connectivity index (χ4v) is 2.91. The molecule has 0 saturated heterocycles. The molecule has 2 N–H and O–H groups in total. The van der Waals surface area contributed by atoms with Crippen molar-refractivity contribution in [3.05, 3.63) is 71.0 Å². The van der Waals surface area contributed by atoms with Crippen LogP contribution in [0.4, 0.5) is 10.7 Å². The van der Waals surface area contributed by atoms with Crippen molar-refractivity contribution in [3.8, 4) is 0 Å². The molecule has 2 aromatic heterocycles. The van der Waals surface area contributed by atoms with Crippen LogP contribution in [0.25, 0.3) is 0 Å². The summed E-state index contributed by atoms with van der Waals surface area (Å²) in [5, 5.41) is 5.91. The number of rotatable bonds is 5. The van der Waals surface area contributed by atoms with Gasteiger partial charge in [-0.25, -0.2) is 4.79 Å². The van der Waals surface area contributed by atoms with Gasteiger partial charge in [0.05, 0.1) is 28.8 Å². The average Bonchev–Trinajstić information content (AvgIpc) is 3.33. The van der Waals surface area contributed by atoms with Crippen LogP contribution in [0.1, 0.15) is 30.6 Å². The number of anilines is 2. The SMILES string of the molecule is COC(=O)c1ccc(NC(=O)c2ccc(NC(=O)c3ccco3)s2)cc1. The smallest absolute Gasteiger partial charge is 0.337 e. The zero-order chi connectivity index (χ0) is 18.5. The van der Waals surface area contributed by atoms with E-state index >= 15 is 0 Å². The van der Waals surface area contributed by atoms with Crippen LogP contribution < -0.4 is 10.6 Å². The first-order valence-corrected chi connectivity index (χ1v) is 8.33. The summed E-state index contributed by atoms with van der Waals surface area (Å²) in [7, 11) is 1.30. The van der Waals surface area contributed by atoms with E-state index < -0.39 is 5.97 Å². The maximum Gasteiger partial charge on any atom is 0.337 e. The molecule has 0 unspecified atom stereocenters. The molecule has 26 heavy (non-hydrogen) atoms. The fourth-order valence-electron chi connectivity index (χ4n) is 2.11. The minimum Gasteiger partial charge on any atom is -0.465 e. The molecule has 1 aromatic carbocycles. The van der Waals surface area contributed by atoms with Crippen LogP contribution in [-0.2, 0) is 4.74 Å². The van der Waals surface area contributed by atoms with Crippen molar-refractivity contribution >= 4 is 39.8 Å². The number of amides is 2. The van der Waals surface area contributed by atoms with Gasteiger partial charge in [-0.2, -0.15) is 0 Å². The predicted molar refractivity (Wildman–Crippen MR) is 96.7 cm³/mol. The Hall–Kier alpha value is -3.39. The molecule has 2 amide bonds. The second-order valence-corrected chi connectivity index (χ2v) is 6.20. The van der Waals surface area contributed by atoms with Gasteiger partial charge < -0.3 is 19.8 Å². The van der Waals surface area contributed by atoms with Crippen molar-refractivity contribution in [2.24, 2.45) is 0 Å². The molecule has 0 radical (unpaired) electrons. The second-order valence-electron chi connectivity index (χ2n) is 5.12. The Kier molecular flexibility index (Phi) is 5.14. The maximum atomic E-state index is 12.3. The summed E-state index contributed by atoms with van der Waals surface area (Å²) in [5.74, 6) is -0.963. The first-order valence-electron chi connectivity index (χ1n) is 7.51. The van der Waals surface area contributed by atoms with Crippen LogP contribution in [0.5, 0.6) is 0 Å². The number of carbonyl (C=O) groups is 3. The second kappa shape index (κ2) is 7.66. The molecule has 2 heterocycles. The highest BCUT2D eigenvalue weighted by Gasteiger charge is 2.14. The first-order chi connectivity index (χ1) is 12.6. The van der Waals surface area contributed by atoms with Gasteiger partial charge in [0.1, 0.15) is 0 Å². The Bertz CT molecular complexity index is 929. The van der Waals surface area contributed by atoms with E-state index in [-0.39, 0.29) is 17.6 Å². The third-order valence-electron chi connectivity index (χ3n) is 3.38. The summed E-state index contributed by atoms with van der Waals surface area (Å²) in [4.78, 5) is 36.0. The van der Waals surface area contributed by atoms with Gasteiger partial charge >= 0.3 is 5.97 Å². The van der Waals surface area contributed by atoms with E-state index in [4.69, 9.17) is 4.42 Å². The molecular weight excluding hydrogens is 356 g/mol. The number of ether oxygens (including phenoxy) is 1. The highest BCUT2D eigenvalue weighted by atomic mass is 32.1. The number of esters is 1. The first kappa shape index (κ1) is 17.4. The van der Waals surface area contributed by atoms with Crippen LogP contribution in [0, 0.1) is 0 Å². The molecule has 0 bridgehead atoms. The van der Waals surface area contributed by atoms with Crippen LogP contribution in [0.15, 0.2) is 59.2 Å². The minimum absolute atomic E-state index is 0.190. The Balaban J connectivity index is 1.63. The Morgan fingerprint density at radius 2 is 1.73 bits per heavy atom. The van der Waals surface area contributed by atoms with Crippen LogP contribution >= 0.6 is 11.3 Å². The third-order valence-corrected chi connectivity index (χ3v) is 4.37. The molecule has 7 nitrogen and oxygen atoms in total. The molecule has 0 fully saturated rings. The van der Waals surface area contributed by atoms with Gasteiger partial charge in [-0.1, -0.05) is 0 Å². The lowest BCUT2D eigenvalue weighted by atomic mass is 10.2. The molecular formula is C18H14N2O5S. The molecule has 0 aliphatic carbocycles. The zero-order valence-corrected chi connectivity index (χ0v) is 14.5. The van der Waals surface area contributed by atoms with E-state index in [0.29, 0.717) is 21.1 Å². The van der Waals surface area contributed by atoms with Crippen molar-refractivity contribution in [3.63, 3.8) is 0 Å². The molecule has 0 aliphatic heterocycles. The molecule has 0 spiro atoms. The van der Waals surface area contributed by atoms with E-state index in [1.165, 1.54) is 13.4 Å². The molecule has 132 valence electrons. The number of nitrogens with one attached hydrogen (secondary N) is 2. The van der Waals surface area contributed by atoms with Gasteiger partial charge in [-0.3, -0.25) is 9.59 Å².